The van der Waals surface area contributed by atoms with Gasteiger partial charge in [-0.3, -0.25) is 0 Å². The van der Waals surface area contributed by atoms with E-state index in [0.717, 1.165) is 29.6 Å². The molecular formula is C16H14N6. The zero-order valence-corrected chi connectivity index (χ0v) is 11.8. The first-order valence-corrected chi connectivity index (χ1v) is 7.17. The minimum atomic E-state index is 0.671. The van der Waals surface area contributed by atoms with Gasteiger partial charge in [-0.15, -0.1) is 14.8 Å². The van der Waals surface area contributed by atoms with Gasteiger partial charge in [-0.05, 0) is 22.4 Å². The lowest BCUT2D eigenvalue weighted by Gasteiger charge is -2.09. The Balaban J connectivity index is 1.65. The number of hydrogen-bond donors (Lipinski definition) is 1. The number of nitrogens with one attached hydrogen (secondary N) is 1. The first-order chi connectivity index (χ1) is 10.9. The van der Waals surface area contributed by atoms with E-state index < -0.39 is 0 Å². The molecule has 0 saturated carbocycles. The van der Waals surface area contributed by atoms with Crippen molar-refractivity contribution in [2.24, 2.45) is 0 Å². The van der Waals surface area contributed by atoms with Crippen LogP contribution in [0, 0.1) is 0 Å². The topological polar surface area (TPSA) is 68.0 Å². The Morgan fingerprint density at radius 3 is 2.55 bits per heavy atom. The summed E-state index contributed by atoms with van der Waals surface area (Å²) < 4.78 is 1.47. The molecule has 1 N–H and O–H groups in total. The van der Waals surface area contributed by atoms with E-state index in [1.165, 1.54) is 10.2 Å². The average Bonchev–Trinajstić information content (AvgIpc) is 3.04. The van der Waals surface area contributed by atoms with Gasteiger partial charge in [-0.25, -0.2) is 0 Å². The molecule has 0 unspecified atom stereocenters. The fourth-order valence-electron chi connectivity index (χ4n) is 2.55. The highest BCUT2D eigenvalue weighted by Gasteiger charge is 2.10. The van der Waals surface area contributed by atoms with Gasteiger partial charge in [-0.2, -0.15) is 0 Å². The second-order valence-corrected chi connectivity index (χ2v) is 5.05. The van der Waals surface area contributed by atoms with Gasteiger partial charge in [0.25, 0.3) is 0 Å². The van der Waals surface area contributed by atoms with Crippen molar-refractivity contribution in [2.75, 3.05) is 11.9 Å². The third kappa shape index (κ3) is 2.24. The smallest absolute Gasteiger partial charge is 0.207 e. The molecule has 0 aliphatic heterocycles. The zero-order chi connectivity index (χ0) is 14.8. The molecule has 0 spiro atoms. The molecule has 0 aliphatic rings. The van der Waals surface area contributed by atoms with E-state index in [4.69, 9.17) is 0 Å². The van der Waals surface area contributed by atoms with E-state index in [1.807, 2.05) is 30.3 Å². The normalized spacial score (nSPS) is 11.1. The van der Waals surface area contributed by atoms with Crippen molar-refractivity contribution in [1.82, 2.24) is 25.3 Å². The van der Waals surface area contributed by atoms with E-state index in [9.17, 15) is 0 Å². The highest BCUT2D eigenvalue weighted by atomic mass is 15.6. The maximum atomic E-state index is 4.46. The number of nitrogens with zero attached hydrogens (tertiary/aromatic N) is 5. The van der Waals surface area contributed by atoms with Crippen LogP contribution < -0.4 is 5.32 Å². The molecule has 2 aromatic heterocycles. The van der Waals surface area contributed by atoms with E-state index in [0.29, 0.717) is 5.65 Å². The Labute approximate surface area is 126 Å². The van der Waals surface area contributed by atoms with E-state index in [2.05, 4.69) is 50.2 Å². The monoisotopic (exact) mass is 290 g/mol. The highest BCUT2D eigenvalue weighted by Crippen LogP contribution is 2.23. The van der Waals surface area contributed by atoms with Gasteiger partial charge in [0.1, 0.15) is 0 Å². The molecular weight excluding hydrogens is 276 g/mol. The van der Waals surface area contributed by atoms with Gasteiger partial charge in [-0.1, -0.05) is 54.6 Å². The number of aromatic nitrogens is 5. The first kappa shape index (κ1) is 12.7. The molecule has 0 bridgehead atoms. The van der Waals surface area contributed by atoms with Crippen LogP contribution in [0.15, 0.2) is 54.6 Å². The molecule has 22 heavy (non-hydrogen) atoms. The number of hydrogen-bond acceptors (Lipinski definition) is 5. The van der Waals surface area contributed by atoms with Crippen LogP contribution in [0.5, 0.6) is 0 Å². The molecule has 4 aromatic rings. The molecule has 2 aromatic carbocycles. The Morgan fingerprint density at radius 2 is 1.68 bits per heavy atom. The van der Waals surface area contributed by atoms with Crippen LogP contribution in [0.3, 0.4) is 0 Å². The largest absolute Gasteiger partial charge is 0.368 e. The molecule has 0 radical (unpaired) electrons. The number of rotatable bonds is 4. The lowest BCUT2D eigenvalue weighted by atomic mass is 10.1. The quantitative estimate of drug-likeness (QED) is 0.625. The summed E-state index contributed by atoms with van der Waals surface area (Å²) in [6.07, 6.45) is 0.935. The molecule has 0 fully saturated rings. The molecule has 0 saturated heterocycles. The van der Waals surface area contributed by atoms with Crippen LogP contribution in [0.2, 0.25) is 0 Å². The van der Waals surface area contributed by atoms with Crippen LogP contribution >= 0.6 is 0 Å². The Kier molecular flexibility index (Phi) is 3.12. The summed E-state index contributed by atoms with van der Waals surface area (Å²) in [5.74, 6) is 0.798. The third-order valence-electron chi connectivity index (χ3n) is 3.62. The fraction of sp³-hybridized carbons (Fsp3) is 0.125. The molecule has 4 rings (SSSR count). The van der Waals surface area contributed by atoms with Gasteiger partial charge in [0.05, 0.1) is 0 Å². The Hall–Kier alpha value is -3.02. The van der Waals surface area contributed by atoms with Crippen molar-refractivity contribution in [3.8, 4) is 0 Å². The molecule has 108 valence electrons. The first-order valence-electron chi connectivity index (χ1n) is 7.17. The summed E-state index contributed by atoms with van der Waals surface area (Å²) >= 11 is 0. The summed E-state index contributed by atoms with van der Waals surface area (Å²) in [6.45, 7) is 0.800. The van der Waals surface area contributed by atoms with Gasteiger partial charge in [0, 0.05) is 17.3 Å². The number of fused-ring (bicyclic) bond motifs is 3. The molecule has 6 heteroatoms. The minimum Gasteiger partial charge on any atom is -0.368 e. The highest BCUT2D eigenvalue weighted by molar-refractivity contribution is 5.99. The average molecular weight is 290 g/mol. The zero-order valence-electron chi connectivity index (χ0n) is 11.8. The van der Waals surface area contributed by atoms with Crippen LogP contribution in [0.4, 0.5) is 5.82 Å². The van der Waals surface area contributed by atoms with Gasteiger partial charge < -0.3 is 5.32 Å². The van der Waals surface area contributed by atoms with Crippen molar-refractivity contribution in [2.45, 2.75) is 6.42 Å². The summed E-state index contributed by atoms with van der Waals surface area (Å²) in [4.78, 5) is 0. The summed E-state index contributed by atoms with van der Waals surface area (Å²) in [6, 6.07) is 18.4. The van der Waals surface area contributed by atoms with Crippen LogP contribution in [-0.2, 0) is 6.42 Å². The van der Waals surface area contributed by atoms with Gasteiger partial charge in [0.15, 0.2) is 5.82 Å². The molecule has 0 atom stereocenters. The maximum Gasteiger partial charge on any atom is 0.207 e. The molecule has 0 aliphatic carbocycles. The second-order valence-electron chi connectivity index (χ2n) is 5.05. The SMILES string of the molecule is c1ccc(CCNc2nn3nnnc3c3ccccc23)cc1. The number of tetrazole rings is 1. The summed E-state index contributed by atoms with van der Waals surface area (Å²) in [5.41, 5.74) is 1.96. The summed E-state index contributed by atoms with van der Waals surface area (Å²) in [7, 11) is 0. The standard InChI is InChI=1S/C16H14N6/c1-2-6-12(7-3-1)10-11-17-15-13-8-4-5-9-14(13)16-18-20-21-22(16)19-15/h1-9H,10-11H2,(H,17,19). The van der Waals surface area contributed by atoms with E-state index >= 15 is 0 Å². The van der Waals surface area contributed by atoms with Crippen LogP contribution in [-0.4, -0.2) is 31.8 Å². The fourth-order valence-corrected chi connectivity index (χ4v) is 2.55. The van der Waals surface area contributed by atoms with E-state index in [1.54, 1.807) is 0 Å². The Morgan fingerprint density at radius 1 is 0.909 bits per heavy atom. The molecule has 6 nitrogen and oxygen atoms in total. The van der Waals surface area contributed by atoms with E-state index in [-0.39, 0.29) is 0 Å². The lowest BCUT2D eigenvalue weighted by Crippen LogP contribution is -2.09. The minimum absolute atomic E-state index is 0.671. The summed E-state index contributed by atoms with van der Waals surface area (Å²) in [5, 5.41) is 21.5. The van der Waals surface area contributed by atoms with Crippen molar-refractivity contribution < 1.29 is 0 Å². The van der Waals surface area contributed by atoms with Crippen molar-refractivity contribution >= 4 is 22.2 Å². The number of benzene rings is 2. The predicted molar refractivity (Wildman–Crippen MR) is 84.7 cm³/mol. The molecule has 0 amide bonds. The second kappa shape index (κ2) is 5.40. The predicted octanol–water partition coefficient (Wildman–Crippen LogP) is 2.33. The van der Waals surface area contributed by atoms with Crippen molar-refractivity contribution in [1.29, 1.82) is 0 Å². The van der Waals surface area contributed by atoms with Crippen molar-refractivity contribution in [3.05, 3.63) is 60.2 Å². The van der Waals surface area contributed by atoms with Crippen LogP contribution in [0.25, 0.3) is 16.4 Å². The maximum absolute atomic E-state index is 4.46. The van der Waals surface area contributed by atoms with Crippen molar-refractivity contribution in [3.63, 3.8) is 0 Å². The van der Waals surface area contributed by atoms with Gasteiger partial charge in [0.2, 0.25) is 5.65 Å². The van der Waals surface area contributed by atoms with Crippen LogP contribution in [0.1, 0.15) is 5.56 Å². The molecule has 2 heterocycles. The lowest BCUT2D eigenvalue weighted by molar-refractivity contribution is 0.737. The van der Waals surface area contributed by atoms with Gasteiger partial charge >= 0.3 is 0 Å². The third-order valence-corrected chi connectivity index (χ3v) is 3.62. The number of anilines is 1. The Bertz CT molecular complexity index is 916.